The van der Waals surface area contributed by atoms with Gasteiger partial charge in [-0.05, 0) is 17.9 Å². The molecule has 4 nitrogen and oxygen atoms in total. The first kappa shape index (κ1) is 10.7. The van der Waals surface area contributed by atoms with Crippen molar-refractivity contribution >= 4 is 23.1 Å². The summed E-state index contributed by atoms with van der Waals surface area (Å²) in [6.45, 7) is 1.98. The molecule has 0 saturated carbocycles. The zero-order valence-corrected chi connectivity index (χ0v) is 8.93. The van der Waals surface area contributed by atoms with Crippen molar-refractivity contribution in [2.75, 3.05) is 7.11 Å². The number of hydrogen-bond donors (Lipinski definition) is 1. The van der Waals surface area contributed by atoms with E-state index in [0.29, 0.717) is 0 Å². The van der Waals surface area contributed by atoms with E-state index in [1.807, 2.05) is 24.4 Å². The van der Waals surface area contributed by atoms with E-state index in [0.717, 1.165) is 17.0 Å². The summed E-state index contributed by atoms with van der Waals surface area (Å²) in [5, 5.41) is 5.93. The van der Waals surface area contributed by atoms with Crippen LogP contribution in [-0.2, 0) is 4.74 Å². The van der Waals surface area contributed by atoms with Crippen LogP contribution < -0.4 is 5.43 Å². The van der Waals surface area contributed by atoms with Gasteiger partial charge >= 0.3 is 6.09 Å². The van der Waals surface area contributed by atoms with Crippen molar-refractivity contribution in [2.45, 2.75) is 13.3 Å². The zero-order chi connectivity index (χ0) is 10.4. The lowest BCUT2D eigenvalue weighted by Crippen LogP contribution is -2.19. The predicted octanol–water partition coefficient (Wildman–Crippen LogP) is 2.22. The first-order valence-electron chi connectivity index (χ1n) is 4.22. The first-order valence-corrected chi connectivity index (χ1v) is 5.10. The highest BCUT2D eigenvalue weighted by atomic mass is 32.1. The Bertz CT molecular complexity index is 320. The number of carbonyl (C=O) groups is 1. The fraction of sp³-hybridized carbons (Fsp3) is 0.333. The molecule has 0 fully saturated rings. The summed E-state index contributed by atoms with van der Waals surface area (Å²) in [6.07, 6.45) is 0.220. The third-order valence-corrected chi connectivity index (χ3v) is 2.53. The molecule has 0 aliphatic heterocycles. The molecule has 0 aliphatic carbocycles. The SMILES string of the molecule is CCC(=NNC(=O)OC)c1cccs1. The molecule has 1 amide bonds. The molecule has 1 aromatic heterocycles. The number of thiophene rings is 1. The molecule has 0 radical (unpaired) electrons. The Balaban J connectivity index is 2.67. The maximum absolute atomic E-state index is 10.8. The minimum atomic E-state index is -0.549. The second-order valence-corrected chi connectivity index (χ2v) is 3.44. The summed E-state index contributed by atoms with van der Waals surface area (Å²) in [7, 11) is 1.31. The Morgan fingerprint density at radius 2 is 2.50 bits per heavy atom. The summed E-state index contributed by atoms with van der Waals surface area (Å²) >= 11 is 1.59. The predicted molar refractivity (Wildman–Crippen MR) is 56.7 cm³/mol. The number of nitrogens with zero attached hydrogens (tertiary/aromatic N) is 1. The number of amides is 1. The normalized spacial score (nSPS) is 11.1. The lowest BCUT2D eigenvalue weighted by Gasteiger charge is -2.01. The van der Waals surface area contributed by atoms with Crippen LogP contribution in [0.3, 0.4) is 0 Å². The Hall–Kier alpha value is -1.36. The van der Waals surface area contributed by atoms with Crippen LogP contribution in [0, 0.1) is 0 Å². The number of ether oxygens (including phenoxy) is 1. The topological polar surface area (TPSA) is 50.7 Å². The highest BCUT2D eigenvalue weighted by Gasteiger charge is 2.03. The van der Waals surface area contributed by atoms with E-state index in [1.54, 1.807) is 11.3 Å². The lowest BCUT2D eigenvalue weighted by molar-refractivity contribution is 0.171. The standard InChI is InChI=1S/C9H12N2O2S/c1-3-7(8-5-4-6-14-8)10-11-9(12)13-2/h4-6H,3H2,1-2H3,(H,11,12). The maximum Gasteiger partial charge on any atom is 0.427 e. The molecule has 0 saturated heterocycles. The quantitative estimate of drug-likeness (QED) is 0.617. The molecule has 1 rings (SSSR count). The Morgan fingerprint density at radius 3 is 3.00 bits per heavy atom. The van der Waals surface area contributed by atoms with Crippen LogP contribution in [-0.4, -0.2) is 18.9 Å². The Kier molecular flexibility index (Phi) is 4.12. The Morgan fingerprint density at radius 1 is 1.71 bits per heavy atom. The minimum Gasteiger partial charge on any atom is -0.452 e. The van der Waals surface area contributed by atoms with Gasteiger partial charge in [-0.2, -0.15) is 5.10 Å². The summed E-state index contributed by atoms with van der Waals surface area (Å²) in [6, 6.07) is 3.91. The second kappa shape index (κ2) is 5.39. The summed E-state index contributed by atoms with van der Waals surface area (Å²) in [5.41, 5.74) is 3.16. The van der Waals surface area contributed by atoms with Crippen LogP contribution >= 0.6 is 11.3 Å². The molecule has 5 heteroatoms. The van der Waals surface area contributed by atoms with Crippen molar-refractivity contribution < 1.29 is 9.53 Å². The van der Waals surface area contributed by atoms with E-state index in [2.05, 4.69) is 15.3 Å². The molecule has 0 atom stereocenters. The fourth-order valence-electron chi connectivity index (χ4n) is 0.910. The number of nitrogens with one attached hydrogen (secondary N) is 1. The molecule has 0 spiro atoms. The second-order valence-electron chi connectivity index (χ2n) is 2.49. The molecular weight excluding hydrogens is 200 g/mol. The first-order chi connectivity index (χ1) is 6.77. The van der Waals surface area contributed by atoms with Crippen LogP contribution in [0.2, 0.25) is 0 Å². The van der Waals surface area contributed by atoms with Gasteiger partial charge < -0.3 is 4.74 Å². The smallest absolute Gasteiger partial charge is 0.427 e. The van der Waals surface area contributed by atoms with Gasteiger partial charge in [-0.3, -0.25) is 0 Å². The van der Waals surface area contributed by atoms with E-state index in [9.17, 15) is 4.79 Å². The molecule has 0 aliphatic rings. The third kappa shape index (κ3) is 2.85. The van der Waals surface area contributed by atoms with Gasteiger partial charge in [-0.1, -0.05) is 13.0 Å². The van der Waals surface area contributed by atoms with Crippen molar-refractivity contribution in [1.82, 2.24) is 5.43 Å². The molecule has 0 aromatic carbocycles. The molecule has 14 heavy (non-hydrogen) atoms. The summed E-state index contributed by atoms with van der Waals surface area (Å²) in [4.78, 5) is 11.8. The van der Waals surface area contributed by atoms with Gasteiger partial charge in [0.2, 0.25) is 0 Å². The number of methoxy groups -OCH3 is 1. The van der Waals surface area contributed by atoms with Crippen LogP contribution in [0.5, 0.6) is 0 Å². The Labute approximate surface area is 86.6 Å². The third-order valence-electron chi connectivity index (χ3n) is 1.61. The zero-order valence-electron chi connectivity index (χ0n) is 8.11. The van der Waals surface area contributed by atoms with E-state index in [-0.39, 0.29) is 0 Å². The van der Waals surface area contributed by atoms with Gasteiger partial charge in [0, 0.05) is 0 Å². The van der Waals surface area contributed by atoms with E-state index in [4.69, 9.17) is 0 Å². The molecule has 0 unspecified atom stereocenters. The molecule has 1 N–H and O–H groups in total. The van der Waals surface area contributed by atoms with Crippen molar-refractivity contribution in [3.63, 3.8) is 0 Å². The van der Waals surface area contributed by atoms with E-state index in [1.165, 1.54) is 7.11 Å². The largest absolute Gasteiger partial charge is 0.452 e. The maximum atomic E-state index is 10.8. The van der Waals surface area contributed by atoms with Gasteiger partial charge in [0.1, 0.15) is 0 Å². The molecule has 0 bridgehead atoms. The highest BCUT2D eigenvalue weighted by molar-refractivity contribution is 7.12. The van der Waals surface area contributed by atoms with Crippen LogP contribution in [0.25, 0.3) is 0 Å². The van der Waals surface area contributed by atoms with E-state index >= 15 is 0 Å². The lowest BCUT2D eigenvalue weighted by atomic mass is 10.2. The molecule has 76 valence electrons. The van der Waals surface area contributed by atoms with Gasteiger partial charge in [-0.25, -0.2) is 10.2 Å². The van der Waals surface area contributed by atoms with Gasteiger partial charge in [0.05, 0.1) is 17.7 Å². The monoisotopic (exact) mass is 212 g/mol. The average molecular weight is 212 g/mol. The minimum absolute atomic E-state index is 0.549. The number of hydrogen-bond acceptors (Lipinski definition) is 4. The van der Waals surface area contributed by atoms with Crippen molar-refractivity contribution in [1.29, 1.82) is 0 Å². The molecular formula is C9H12N2O2S. The summed E-state index contributed by atoms with van der Waals surface area (Å²) in [5.74, 6) is 0. The van der Waals surface area contributed by atoms with Crippen LogP contribution in [0.4, 0.5) is 4.79 Å². The fourth-order valence-corrected chi connectivity index (χ4v) is 1.70. The highest BCUT2D eigenvalue weighted by Crippen LogP contribution is 2.11. The number of carbonyl (C=O) groups excluding carboxylic acids is 1. The number of hydrazone groups is 1. The van der Waals surface area contributed by atoms with E-state index < -0.39 is 6.09 Å². The van der Waals surface area contributed by atoms with Crippen LogP contribution in [0.1, 0.15) is 18.2 Å². The number of rotatable bonds is 3. The molecule has 1 aromatic rings. The van der Waals surface area contributed by atoms with Crippen molar-refractivity contribution in [3.8, 4) is 0 Å². The van der Waals surface area contributed by atoms with Crippen molar-refractivity contribution in [3.05, 3.63) is 22.4 Å². The van der Waals surface area contributed by atoms with Crippen molar-refractivity contribution in [2.24, 2.45) is 5.10 Å². The summed E-state index contributed by atoms with van der Waals surface area (Å²) < 4.78 is 4.41. The van der Waals surface area contributed by atoms with Crippen LogP contribution in [0.15, 0.2) is 22.6 Å². The average Bonchev–Trinajstić information content (AvgIpc) is 2.72. The molecule has 1 heterocycles. The van der Waals surface area contributed by atoms with Gasteiger partial charge in [0.15, 0.2) is 0 Å². The van der Waals surface area contributed by atoms with Gasteiger partial charge in [-0.15, -0.1) is 11.3 Å². The van der Waals surface area contributed by atoms with Gasteiger partial charge in [0.25, 0.3) is 0 Å².